The van der Waals surface area contributed by atoms with Crippen LogP contribution in [0.15, 0.2) is 18.2 Å². The summed E-state index contributed by atoms with van der Waals surface area (Å²) in [7, 11) is 1.23. The Labute approximate surface area is 131 Å². The summed E-state index contributed by atoms with van der Waals surface area (Å²) >= 11 is 0. The van der Waals surface area contributed by atoms with E-state index < -0.39 is 24.3 Å². The van der Waals surface area contributed by atoms with Gasteiger partial charge in [0.2, 0.25) is 0 Å². The zero-order valence-corrected chi connectivity index (χ0v) is 13.8. The predicted molar refractivity (Wildman–Crippen MR) is 83.4 cm³/mol. The minimum absolute atomic E-state index is 0.0894. The van der Waals surface area contributed by atoms with Crippen LogP contribution in [-0.2, 0) is 9.39 Å². The lowest BCUT2D eigenvalue weighted by molar-refractivity contribution is -0.0982. The van der Waals surface area contributed by atoms with Crippen LogP contribution in [-0.4, -0.2) is 48.6 Å². The Morgan fingerprint density at radius 2 is 1.77 bits per heavy atom. The zero-order chi connectivity index (χ0) is 17.1. The third kappa shape index (κ3) is 3.79. The van der Waals surface area contributed by atoms with Crippen molar-refractivity contribution in [1.82, 2.24) is 0 Å². The molecule has 0 radical (unpaired) electrons. The number of hydrogen-bond donors (Lipinski definition) is 2. The Bertz CT molecular complexity index is 535. The second-order valence-electron chi connectivity index (χ2n) is 5.96. The lowest BCUT2D eigenvalue weighted by Gasteiger charge is -2.38. The van der Waals surface area contributed by atoms with Gasteiger partial charge in [-0.05, 0) is 33.8 Å². The minimum atomic E-state index is -1.43. The van der Waals surface area contributed by atoms with Gasteiger partial charge in [-0.3, -0.25) is 0 Å². The van der Waals surface area contributed by atoms with E-state index in [1.807, 2.05) is 0 Å². The molecule has 7 heteroatoms. The molecule has 0 fully saturated rings. The Morgan fingerprint density at radius 3 is 2.23 bits per heavy atom. The molecule has 122 valence electrons. The summed E-state index contributed by atoms with van der Waals surface area (Å²) in [6.45, 7) is 6.45. The number of hydrogen-bond acceptors (Lipinski definition) is 6. The van der Waals surface area contributed by atoms with Gasteiger partial charge in [0.15, 0.2) is 0 Å². The standard InChI is InChI=1S/C15H23BO6/c1-14(2,18)15(3,4)22-16(19)10-8-7-9-11(20-5)12(10)13(17)21-6/h7-9,18-19H,1-6H3. The normalized spacial score (nSPS) is 12.0. The van der Waals surface area contributed by atoms with Gasteiger partial charge in [-0.2, -0.15) is 0 Å². The van der Waals surface area contributed by atoms with Gasteiger partial charge in [-0.25, -0.2) is 4.79 Å². The minimum Gasteiger partial charge on any atom is -0.496 e. The van der Waals surface area contributed by atoms with Crippen LogP contribution in [0.4, 0.5) is 0 Å². The number of methoxy groups -OCH3 is 2. The fraction of sp³-hybridized carbons (Fsp3) is 0.533. The molecule has 1 aromatic rings. The Kier molecular flexibility index (Phi) is 5.62. The fourth-order valence-corrected chi connectivity index (χ4v) is 1.73. The molecule has 22 heavy (non-hydrogen) atoms. The number of aliphatic hydroxyl groups is 1. The molecule has 1 rings (SSSR count). The van der Waals surface area contributed by atoms with E-state index in [9.17, 15) is 14.9 Å². The number of carbonyl (C=O) groups excluding carboxylic acids is 1. The van der Waals surface area contributed by atoms with Crippen molar-refractivity contribution in [3.05, 3.63) is 23.8 Å². The average molecular weight is 310 g/mol. The topological polar surface area (TPSA) is 85.2 Å². The molecule has 0 unspecified atom stereocenters. The maximum absolute atomic E-state index is 12.0. The third-order valence-electron chi connectivity index (χ3n) is 3.81. The number of rotatable bonds is 6. The van der Waals surface area contributed by atoms with Crippen molar-refractivity contribution in [3.8, 4) is 5.75 Å². The van der Waals surface area contributed by atoms with Crippen LogP contribution in [0.25, 0.3) is 0 Å². The highest BCUT2D eigenvalue weighted by Crippen LogP contribution is 2.26. The quantitative estimate of drug-likeness (QED) is 0.595. The highest BCUT2D eigenvalue weighted by molar-refractivity contribution is 6.61. The van der Waals surface area contributed by atoms with Gasteiger partial charge < -0.3 is 24.3 Å². The molecule has 0 heterocycles. The summed E-state index contributed by atoms with van der Waals surface area (Å²) in [4.78, 5) is 12.0. The van der Waals surface area contributed by atoms with Crippen molar-refractivity contribution < 1.29 is 29.1 Å². The lowest BCUT2D eigenvalue weighted by Crippen LogP contribution is -2.53. The molecule has 0 aromatic heterocycles. The van der Waals surface area contributed by atoms with Crippen molar-refractivity contribution in [2.24, 2.45) is 0 Å². The van der Waals surface area contributed by atoms with E-state index in [4.69, 9.17) is 14.1 Å². The van der Waals surface area contributed by atoms with Gasteiger partial charge in [0.25, 0.3) is 0 Å². The monoisotopic (exact) mass is 310 g/mol. The molecule has 0 aliphatic rings. The van der Waals surface area contributed by atoms with Gasteiger partial charge in [0, 0.05) is 5.46 Å². The van der Waals surface area contributed by atoms with E-state index in [2.05, 4.69) is 0 Å². The SMILES string of the molecule is COC(=O)c1c(OC)cccc1B(O)OC(C)(C)C(C)(C)O. The second kappa shape index (κ2) is 6.68. The van der Waals surface area contributed by atoms with E-state index in [1.54, 1.807) is 45.9 Å². The Hall–Kier alpha value is -1.57. The summed E-state index contributed by atoms with van der Waals surface area (Å²) < 4.78 is 15.4. The largest absolute Gasteiger partial charge is 0.496 e. The molecule has 6 nitrogen and oxygen atoms in total. The molecule has 0 bridgehead atoms. The van der Waals surface area contributed by atoms with Crippen LogP contribution in [0.2, 0.25) is 0 Å². The van der Waals surface area contributed by atoms with Crippen molar-refractivity contribution in [3.63, 3.8) is 0 Å². The summed E-state index contributed by atoms with van der Waals surface area (Å²) in [5, 5.41) is 20.5. The first-order valence-electron chi connectivity index (χ1n) is 6.88. The molecule has 1 aromatic carbocycles. The third-order valence-corrected chi connectivity index (χ3v) is 3.81. The maximum Gasteiger partial charge on any atom is 0.492 e. The molecule has 0 aliphatic heterocycles. The predicted octanol–water partition coefficient (Wildman–Crippen LogP) is 0.735. The first kappa shape index (κ1) is 18.5. The lowest BCUT2D eigenvalue weighted by atomic mass is 9.74. The van der Waals surface area contributed by atoms with Crippen molar-refractivity contribution >= 4 is 18.6 Å². The molecule has 0 saturated carbocycles. The second-order valence-corrected chi connectivity index (χ2v) is 5.96. The van der Waals surface area contributed by atoms with Gasteiger partial charge in [-0.15, -0.1) is 0 Å². The van der Waals surface area contributed by atoms with Gasteiger partial charge >= 0.3 is 13.1 Å². The van der Waals surface area contributed by atoms with Gasteiger partial charge in [0.1, 0.15) is 11.3 Å². The molecule has 0 atom stereocenters. The van der Waals surface area contributed by atoms with Crippen LogP contribution in [0.1, 0.15) is 38.1 Å². The van der Waals surface area contributed by atoms with Crippen LogP contribution < -0.4 is 10.2 Å². The number of ether oxygens (including phenoxy) is 2. The summed E-state index contributed by atoms with van der Waals surface area (Å²) in [6.07, 6.45) is 0. The van der Waals surface area contributed by atoms with Crippen molar-refractivity contribution in [2.45, 2.75) is 38.9 Å². The molecular weight excluding hydrogens is 287 g/mol. The van der Waals surface area contributed by atoms with Gasteiger partial charge in [-0.1, -0.05) is 12.1 Å². The van der Waals surface area contributed by atoms with E-state index in [0.29, 0.717) is 0 Å². The Morgan fingerprint density at radius 1 is 1.18 bits per heavy atom. The molecule has 0 amide bonds. The summed E-state index contributed by atoms with van der Waals surface area (Å²) in [5.41, 5.74) is -1.95. The van der Waals surface area contributed by atoms with Crippen LogP contribution in [0.5, 0.6) is 5.75 Å². The van der Waals surface area contributed by atoms with Crippen LogP contribution in [0.3, 0.4) is 0 Å². The fourth-order valence-electron chi connectivity index (χ4n) is 1.73. The van der Waals surface area contributed by atoms with Crippen LogP contribution in [0, 0.1) is 0 Å². The van der Waals surface area contributed by atoms with E-state index in [1.165, 1.54) is 14.2 Å². The smallest absolute Gasteiger partial charge is 0.492 e. The highest BCUT2D eigenvalue weighted by Gasteiger charge is 2.40. The van der Waals surface area contributed by atoms with E-state index >= 15 is 0 Å². The number of benzene rings is 1. The summed E-state index contributed by atoms with van der Waals surface area (Å²) in [6, 6.07) is 4.76. The molecule has 2 N–H and O–H groups in total. The van der Waals surface area contributed by atoms with Crippen molar-refractivity contribution in [2.75, 3.05) is 14.2 Å². The summed E-state index contributed by atoms with van der Waals surface area (Å²) in [5.74, 6) is -0.371. The zero-order valence-electron chi connectivity index (χ0n) is 13.8. The van der Waals surface area contributed by atoms with Crippen molar-refractivity contribution in [1.29, 1.82) is 0 Å². The first-order chi connectivity index (χ1) is 10.0. The maximum atomic E-state index is 12.0. The molecule has 0 aliphatic carbocycles. The number of esters is 1. The van der Waals surface area contributed by atoms with Crippen LogP contribution >= 0.6 is 0 Å². The number of carbonyl (C=O) groups is 1. The molecule has 0 saturated heterocycles. The highest BCUT2D eigenvalue weighted by atomic mass is 16.6. The van der Waals surface area contributed by atoms with E-state index in [-0.39, 0.29) is 16.8 Å². The first-order valence-corrected chi connectivity index (χ1v) is 6.88. The van der Waals surface area contributed by atoms with Gasteiger partial charge in [0.05, 0.1) is 25.4 Å². The average Bonchev–Trinajstić information content (AvgIpc) is 2.43. The van der Waals surface area contributed by atoms with E-state index in [0.717, 1.165) is 0 Å². The molecule has 0 spiro atoms. The molecular formula is C15H23BO6. The Balaban J connectivity index is 3.24.